The molecular weight excluding hydrogens is 362 g/mol. The van der Waals surface area contributed by atoms with Crippen LogP contribution in [0.25, 0.3) is 11.6 Å². The molecule has 3 rings (SSSR count). The van der Waals surface area contributed by atoms with E-state index in [0.29, 0.717) is 8.83 Å². The van der Waals surface area contributed by atoms with Crippen LogP contribution in [0.5, 0.6) is 5.88 Å². The number of rotatable bonds is 5. The lowest BCUT2D eigenvalue weighted by Crippen LogP contribution is -2.32. The Morgan fingerprint density at radius 1 is 1.36 bits per heavy atom. The number of allylic oxidation sites excluding steroid dienone is 1. The Balaban J connectivity index is 1.85. The SMILES string of the molecule is O=C(O)CNC(=O)Cn1c(O)c(/C=C2/C=Nc3ccccc32)sc1=S. The average molecular weight is 375 g/mol. The molecule has 1 aromatic carbocycles. The van der Waals surface area contributed by atoms with Gasteiger partial charge in [0.15, 0.2) is 3.95 Å². The largest absolute Gasteiger partial charge is 0.493 e. The third-order valence-electron chi connectivity index (χ3n) is 3.48. The van der Waals surface area contributed by atoms with Gasteiger partial charge in [-0.3, -0.25) is 19.1 Å². The van der Waals surface area contributed by atoms with Gasteiger partial charge in [0.1, 0.15) is 13.1 Å². The van der Waals surface area contributed by atoms with Crippen molar-refractivity contribution in [1.29, 1.82) is 0 Å². The van der Waals surface area contributed by atoms with Crippen molar-refractivity contribution in [3.05, 3.63) is 38.7 Å². The number of aliphatic carboxylic acids is 1. The maximum absolute atomic E-state index is 11.8. The summed E-state index contributed by atoms with van der Waals surface area (Å²) in [5.74, 6) is -1.82. The van der Waals surface area contributed by atoms with Crippen molar-refractivity contribution in [1.82, 2.24) is 9.88 Å². The summed E-state index contributed by atoms with van der Waals surface area (Å²) in [6.45, 7) is -0.733. The molecule has 0 fully saturated rings. The first-order valence-electron chi connectivity index (χ1n) is 7.22. The van der Waals surface area contributed by atoms with Crippen molar-refractivity contribution in [3.63, 3.8) is 0 Å². The first-order chi connectivity index (χ1) is 12.0. The Labute approximate surface area is 151 Å². The van der Waals surface area contributed by atoms with Crippen LogP contribution < -0.4 is 5.32 Å². The molecule has 0 unspecified atom stereocenters. The van der Waals surface area contributed by atoms with Gasteiger partial charge in [-0.15, -0.1) is 11.3 Å². The monoisotopic (exact) mass is 375 g/mol. The number of nitrogens with one attached hydrogen (secondary N) is 1. The molecule has 0 radical (unpaired) electrons. The smallest absolute Gasteiger partial charge is 0.322 e. The molecule has 1 amide bonds. The minimum absolute atomic E-state index is 0.134. The van der Waals surface area contributed by atoms with E-state index in [9.17, 15) is 14.7 Å². The van der Waals surface area contributed by atoms with Gasteiger partial charge in [-0.05, 0) is 24.4 Å². The van der Waals surface area contributed by atoms with Crippen molar-refractivity contribution in [3.8, 4) is 5.88 Å². The molecule has 0 spiro atoms. The number of aliphatic imine (C=N–C) groups is 1. The number of nitrogens with zero attached hydrogens (tertiary/aromatic N) is 2. The summed E-state index contributed by atoms with van der Waals surface area (Å²) in [6, 6.07) is 7.63. The van der Waals surface area contributed by atoms with Crippen LogP contribution in [0, 0.1) is 3.95 Å². The summed E-state index contributed by atoms with van der Waals surface area (Å²) in [7, 11) is 0. The number of carboxylic acids is 1. The zero-order valence-electron chi connectivity index (χ0n) is 12.8. The van der Waals surface area contributed by atoms with Crippen molar-refractivity contribution >= 4 is 59.0 Å². The van der Waals surface area contributed by atoms with E-state index in [0.717, 1.165) is 28.2 Å². The molecule has 25 heavy (non-hydrogen) atoms. The maximum atomic E-state index is 11.8. The van der Waals surface area contributed by atoms with Gasteiger partial charge in [-0.2, -0.15) is 0 Å². The van der Waals surface area contributed by atoms with Crippen molar-refractivity contribution < 1.29 is 19.8 Å². The van der Waals surface area contributed by atoms with E-state index in [1.165, 1.54) is 4.57 Å². The lowest BCUT2D eigenvalue weighted by molar-refractivity contribution is -0.138. The summed E-state index contributed by atoms with van der Waals surface area (Å²) in [5.41, 5.74) is 2.64. The Morgan fingerprint density at radius 2 is 2.12 bits per heavy atom. The molecule has 7 nitrogen and oxygen atoms in total. The van der Waals surface area contributed by atoms with Gasteiger partial charge in [0.05, 0.1) is 10.6 Å². The molecule has 2 aromatic rings. The van der Waals surface area contributed by atoms with Gasteiger partial charge >= 0.3 is 5.97 Å². The summed E-state index contributed by atoms with van der Waals surface area (Å²) in [6.07, 6.45) is 3.47. The summed E-state index contributed by atoms with van der Waals surface area (Å²) in [5, 5.41) is 21.2. The summed E-state index contributed by atoms with van der Waals surface area (Å²) >= 11 is 6.36. The molecular formula is C16H13N3O4S2. The van der Waals surface area contributed by atoms with Gasteiger partial charge in [0.25, 0.3) is 0 Å². The molecule has 1 aromatic heterocycles. The number of benzene rings is 1. The normalized spacial score (nSPS) is 13.8. The quantitative estimate of drug-likeness (QED) is 0.697. The predicted molar refractivity (Wildman–Crippen MR) is 97.9 cm³/mol. The lowest BCUT2D eigenvalue weighted by Gasteiger charge is -2.05. The van der Waals surface area contributed by atoms with Crippen LogP contribution in [0.4, 0.5) is 5.69 Å². The Morgan fingerprint density at radius 3 is 2.88 bits per heavy atom. The molecule has 1 aliphatic rings. The van der Waals surface area contributed by atoms with E-state index in [-0.39, 0.29) is 12.4 Å². The first-order valence-corrected chi connectivity index (χ1v) is 8.44. The van der Waals surface area contributed by atoms with Crippen LogP contribution in [0.2, 0.25) is 0 Å². The third kappa shape index (κ3) is 3.67. The number of aromatic hydroxyl groups is 1. The number of carboxylic acid groups (broad SMARTS) is 1. The molecule has 9 heteroatoms. The minimum atomic E-state index is -1.14. The molecule has 0 bridgehead atoms. The fraction of sp³-hybridized carbons (Fsp3) is 0.125. The van der Waals surface area contributed by atoms with E-state index in [4.69, 9.17) is 17.3 Å². The zero-order chi connectivity index (χ0) is 18.0. The molecule has 1 aliphatic heterocycles. The Kier molecular flexibility index (Phi) is 4.77. The Bertz CT molecular complexity index is 972. The van der Waals surface area contributed by atoms with Crippen LogP contribution >= 0.6 is 23.6 Å². The third-order valence-corrected chi connectivity index (χ3v) is 4.86. The van der Waals surface area contributed by atoms with Crippen molar-refractivity contribution in [2.45, 2.75) is 6.54 Å². The van der Waals surface area contributed by atoms with Gasteiger partial charge in [-0.1, -0.05) is 18.2 Å². The van der Waals surface area contributed by atoms with Gasteiger partial charge in [0, 0.05) is 17.4 Å². The number of hydrogen-bond donors (Lipinski definition) is 3. The number of aromatic nitrogens is 1. The van der Waals surface area contributed by atoms with Crippen LogP contribution in [0.15, 0.2) is 29.3 Å². The highest BCUT2D eigenvalue weighted by Gasteiger charge is 2.16. The van der Waals surface area contributed by atoms with Gasteiger partial charge in [-0.25, -0.2) is 0 Å². The standard InChI is InChI=1S/C16H13N3O4S2/c20-13(18-7-14(21)22)8-19-15(23)12(25-16(19)24)5-9-6-17-11-4-2-1-3-10(9)11/h1-6,23H,7-8H2,(H,18,20)(H,21,22)/b9-5-. The number of fused-ring (bicyclic) bond motifs is 1. The zero-order valence-corrected chi connectivity index (χ0v) is 14.4. The molecule has 128 valence electrons. The summed E-state index contributed by atoms with van der Waals surface area (Å²) < 4.78 is 1.58. The summed E-state index contributed by atoms with van der Waals surface area (Å²) in [4.78, 5) is 27.0. The van der Waals surface area contributed by atoms with Gasteiger partial charge in [0.2, 0.25) is 11.8 Å². The number of carbonyl (C=O) groups is 2. The molecule has 0 saturated carbocycles. The second-order valence-electron chi connectivity index (χ2n) is 5.19. The highest BCUT2D eigenvalue weighted by molar-refractivity contribution is 7.73. The predicted octanol–water partition coefficient (Wildman–Crippen LogP) is 2.44. The van der Waals surface area contributed by atoms with Crippen LogP contribution in [-0.4, -0.2) is 39.4 Å². The average Bonchev–Trinajstić information content (AvgIpc) is 3.10. The highest BCUT2D eigenvalue weighted by atomic mass is 32.1. The van der Waals surface area contributed by atoms with Crippen LogP contribution in [0.3, 0.4) is 0 Å². The maximum Gasteiger partial charge on any atom is 0.322 e. The lowest BCUT2D eigenvalue weighted by atomic mass is 10.1. The number of thiazole rings is 1. The molecule has 0 aliphatic carbocycles. The minimum Gasteiger partial charge on any atom is -0.493 e. The van der Waals surface area contributed by atoms with E-state index < -0.39 is 18.4 Å². The molecule has 0 atom stereocenters. The van der Waals surface area contributed by atoms with E-state index >= 15 is 0 Å². The van der Waals surface area contributed by atoms with Crippen molar-refractivity contribution in [2.75, 3.05) is 6.54 Å². The molecule has 0 saturated heterocycles. The van der Waals surface area contributed by atoms with E-state index in [1.807, 2.05) is 24.3 Å². The second-order valence-corrected chi connectivity index (χ2v) is 6.86. The number of para-hydroxylation sites is 1. The number of carbonyl (C=O) groups excluding carboxylic acids is 1. The Hall–Kier alpha value is -2.78. The first kappa shape index (κ1) is 17.1. The molecule has 3 N–H and O–H groups in total. The van der Waals surface area contributed by atoms with Crippen LogP contribution in [0.1, 0.15) is 10.4 Å². The van der Waals surface area contributed by atoms with Gasteiger partial charge < -0.3 is 15.5 Å². The van der Waals surface area contributed by atoms with E-state index in [2.05, 4.69) is 10.3 Å². The number of amides is 1. The second kappa shape index (κ2) is 6.99. The number of hydrogen-bond acceptors (Lipinski definition) is 6. The molecule has 2 heterocycles. The fourth-order valence-electron chi connectivity index (χ4n) is 2.32. The van der Waals surface area contributed by atoms with Crippen molar-refractivity contribution in [2.24, 2.45) is 4.99 Å². The highest BCUT2D eigenvalue weighted by Crippen LogP contribution is 2.35. The fourth-order valence-corrected chi connectivity index (χ4v) is 3.57. The van der Waals surface area contributed by atoms with E-state index in [1.54, 1.807) is 12.3 Å². The topological polar surface area (TPSA) is 104 Å². The van der Waals surface area contributed by atoms with Crippen LogP contribution in [-0.2, 0) is 16.1 Å².